The van der Waals surface area contributed by atoms with E-state index < -0.39 is 0 Å². The lowest BCUT2D eigenvalue weighted by Gasteiger charge is -2.24. The van der Waals surface area contributed by atoms with Gasteiger partial charge in [-0.25, -0.2) is 0 Å². The minimum Gasteiger partial charge on any atom is -0.375 e. The molecule has 1 amide bonds. The van der Waals surface area contributed by atoms with Gasteiger partial charge in [-0.3, -0.25) is 14.4 Å². The van der Waals surface area contributed by atoms with E-state index in [4.69, 9.17) is 4.74 Å². The lowest BCUT2D eigenvalue weighted by atomic mass is 10.2. The second kappa shape index (κ2) is 8.08. The molecule has 0 bridgehead atoms. The van der Waals surface area contributed by atoms with E-state index in [9.17, 15) is 4.79 Å². The summed E-state index contributed by atoms with van der Waals surface area (Å²) in [4.78, 5) is 14.6. The number of carbonyl (C=O) groups excluding carboxylic acids is 1. The maximum Gasteiger partial charge on any atom is 0.269 e. The number of nitrogens with zero attached hydrogens (tertiary/aromatic N) is 3. The van der Waals surface area contributed by atoms with Crippen LogP contribution in [0.5, 0.6) is 0 Å². The van der Waals surface area contributed by atoms with E-state index in [2.05, 4.69) is 39.6 Å². The van der Waals surface area contributed by atoms with Crippen molar-refractivity contribution in [3.8, 4) is 0 Å². The van der Waals surface area contributed by atoms with Crippen molar-refractivity contribution in [2.75, 3.05) is 26.2 Å². The van der Waals surface area contributed by atoms with Crippen molar-refractivity contribution in [2.24, 2.45) is 7.05 Å². The molecule has 2 aromatic rings. The number of hydrogen-bond donors (Lipinski definition) is 1. The molecule has 6 nitrogen and oxygen atoms in total. The molecule has 3 rings (SSSR count). The number of hydrogen-bond acceptors (Lipinski definition) is 4. The lowest BCUT2D eigenvalue weighted by Crippen LogP contribution is -2.40. The topological polar surface area (TPSA) is 59.4 Å². The highest BCUT2D eigenvalue weighted by molar-refractivity contribution is 5.92. The Morgan fingerprint density at radius 3 is 2.92 bits per heavy atom. The van der Waals surface area contributed by atoms with Crippen LogP contribution in [0.3, 0.4) is 0 Å². The zero-order chi connectivity index (χ0) is 16.8. The van der Waals surface area contributed by atoms with Gasteiger partial charge in [0.15, 0.2) is 0 Å². The first-order chi connectivity index (χ1) is 11.7. The molecule has 6 heteroatoms. The fourth-order valence-corrected chi connectivity index (χ4v) is 2.97. The average Bonchev–Trinajstić information content (AvgIpc) is 2.89. The maximum atomic E-state index is 12.2. The van der Waals surface area contributed by atoms with Crippen molar-refractivity contribution in [1.82, 2.24) is 20.0 Å². The Kier molecular flexibility index (Phi) is 5.61. The molecule has 0 radical (unpaired) electrons. The van der Waals surface area contributed by atoms with Crippen LogP contribution in [0.15, 0.2) is 42.6 Å². The molecular weight excluding hydrogens is 304 g/mol. The fourth-order valence-electron chi connectivity index (χ4n) is 2.97. The van der Waals surface area contributed by atoms with E-state index in [0.29, 0.717) is 12.2 Å². The summed E-state index contributed by atoms with van der Waals surface area (Å²) in [5, 5.41) is 6.98. The van der Waals surface area contributed by atoms with E-state index in [1.807, 2.05) is 6.07 Å². The molecule has 2 heterocycles. The Hall–Kier alpha value is -2.18. The van der Waals surface area contributed by atoms with Gasteiger partial charge in [0.05, 0.1) is 6.10 Å². The molecule has 1 aromatic heterocycles. The summed E-state index contributed by atoms with van der Waals surface area (Å²) in [6, 6.07) is 12.2. The average molecular weight is 328 g/mol. The van der Waals surface area contributed by atoms with Crippen LogP contribution in [-0.4, -0.2) is 52.9 Å². The second-order valence-corrected chi connectivity index (χ2v) is 6.12. The predicted octanol–water partition coefficient (Wildman–Crippen LogP) is 1.44. The molecule has 1 aliphatic heterocycles. The summed E-state index contributed by atoms with van der Waals surface area (Å²) in [5.41, 5.74) is 1.86. The minimum atomic E-state index is -0.113. The maximum absolute atomic E-state index is 12.2. The van der Waals surface area contributed by atoms with Crippen molar-refractivity contribution >= 4 is 5.91 Å². The highest BCUT2D eigenvalue weighted by Crippen LogP contribution is 2.10. The van der Waals surface area contributed by atoms with Crippen molar-refractivity contribution in [3.05, 3.63) is 53.9 Å². The molecule has 0 saturated carbocycles. The van der Waals surface area contributed by atoms with Gasteiger partial charge in [0, 0.05) is 46.0 Å². The van der Waals surface area contributed by atoms with Crippen molar-refractivity contribution in [2.45, 2.75) is 19.1 Å². The molecule has 1 fully saturated rings. The van der Waals surface area contributed by atoms with E-state index in [-0.39, 0.29) is 12.0 Å². The second-order valence-electron chi connectivity index (χ2n) is 6.12. The third kappa shape index (κ3) is 4.43. The normalized spacial score (nSPS) is 19.0. The summed E-state index contributed by atoms with van der Waals surface area (Å²) in [6.45, 7) is 3.99. The quantitative estimate of drug-likeness (QED) is 0.902. The van der Waals surface area contributed by atoms with Gasteiger partial charge >= 0.3 is 0 Å². The van der Waals surface area contributed by atoms with Gasteiger partial charge in [-0.15, -0.1) is 0 Å². The van der Waals surface area contributed by atoms with Crippen molar-refractivity contribution in [1.29, 1.82) is 0 Å². The Labute approximate surface area is 142 Å². The first-order valence-corrected chi connectivity index (χ1v) is 8.36. The number of rotatable bonds is 5. The Bertz CT molecular complexity index is 656. The van der Waals surface area contributed by atoms with Crippen LogP contribution < -0.4 is 5.32 Å². The van der Waals surface area contributed by atoms with Gasteiger partial charge < -0.3 is 10.1 Å². The molecule has 1 unspecified atom stereocenters. The molecule has 0 spiro atoms. The molecule has 0 aliphatic carbocycles. The minimum absolute atomic E-state index is 0.00777. The smallest absolute Gasteiger partial charge is 0.269 e. The Morgan fingerprint density at radius 2 is 2.17 bits per heavy atom. The standard InChI is InChI=1S/C18H24N4O2/c1-21-17(8-9-20-21)18(23)19-12-16-14-22(10-5-11-24-16)13-15-6-3-2-4-7-15/h2-4,6-9,16H,5,10-14H2,1H3,(H,19,23). The summed E-state index contributed by atoms with van der Waals surface area (Å²) in [5.74, 6) is -0.113. The zero-order valence-corrected chi connectivity index (χ0v) is 14.0. The molecule has 1 atom stereocenters. The molecule has 24 heavy (non-hydrogen) atoms. The van der Waals surface area contributed by atoms with E-state index in [1.54, 1.807) is 24.0 Å². The first kappa shape index (κ1) is 16.7. The van der Waals surface area contributed by atoms with Gasteiger partial charge in [-0.2, -0.15) is 5.10 Å². The number of aryl methyl sites for hydroxylation is 1. The van der Waals surface area contributed by atoms with Gasteiger partial charge in [0.1, 0.15) is 5.69 Å². The summed E-state index contributed by atoms with van der Waals surface area (Å²) in [7, 11) is 1.76. The van der Waals surface area contributed by atoms with Crippen LogP contribution in [0.2, 0.25) is 0 Å². The molecule has 1 aliphatic rings. The van der Waals surface area contributed by atoms with Crippen molar-refractivity contribution < 1.29 is 9.53 Å². The van der Waals surface area contributed by atoms with Crippen LogP contribution in [0.4, 0.5) is 0 Å². The molecular formula is C18H24N4O2. The predicted molar refractivity (Wildman–Crippen MR) is 91.6 cm³/mol. The van der Waals surface area contributed by atoms with Gasteiger partial charge in [0.25, 0.3) is 5.91 Å². The summed E-state index contributed by atoms with van der Waals surface area (Å²) >= 11 is 0. The van der Waals surface area contributed by atoms with Crippen molar-refractivity contribution in [3.63, 3.8) is 0 Å². The van der Waals surface area contributed by atoms with E-state index in [1.165, 1.54) is 5.56 Å². The van der Waals surface area contributed by atoms with E-state index in [0.717, 1.165) is 32.7 Å². The van der Waals surface area contributed by atoms with Crippen LogP contribution in [0.1, 0.15) is 22.5 Å². The monoisotopic (exact) mass is 328 g/mol. The van der Waals surface area contributed by atoms with Gasteiger partial charge in [-0.1, -0.05) is 30.3 Å². The zero-order valence-electron chi connectivity index (χ0n) is 14.0. The number of benzene rings is 1. The van der Waals surface area contributed by atoms with Crippen LogP contribution >= 0.6 is 0 Å². The molecule has 1 N–H and O–H groups in total. The lowest BCUT2D eigenvalue weighted by molar-refractivity contribution is 0.0509. The van der Waals surface area contributed by atoms with Crippen LogP contribution in [-0.2, 0) is 18.3 Å². The number of amides is 1. The van der Waals surface area contributed by atoms with Gasteiger partial charge in [0.2, 0.25) is 0 Å². The molecule has 128 valence electrons. The van der Waals surface area contributed by atoms with E-state index >= 15 is 0 Å². The number of nitrogens with one attached hydrogen (secondary N) is 1. The highest BCUT2D eigenvalue weighted by Gasteiger charge is 2.20. The van der Waals surface area contributed by atoms with Crippen LogP contribution in [0.25, 0.3) is 0 Å². The number of aromatic nitrogens is 2. The Balaban J connectivity index is 1.53. The molecule has 1 aromatic carbocycles. The first-order valence-electron chi connectivity index (χ1n) is 8.36. The third-order valence-electron chi connectivity index (χ3n) is 4.23. The SMILES string of the molecule is Cn1nccc1C(=O)NCC1CN(Cc2ccccc2)CCCO1. The number of carbonyl (C=O) groups is 1. The largest absolute Gasteiger partial charge is 0.375 e. The summed E-state index contributed by atoms with van der Waals surface area (Å²) < 4.78 is 7.46. The fraction of sp³-hybridized carbons (Fsp3) is 0.444. The van der Waals surface area contributed by atoms with Crippen LogP contribution in [0, 0.1) is 0 Å². The third-order valence-corrected chi connectivity index (χ3v) is 4.23. The molecule has 1 saturated heterocycles. The Morgan fingerprint density at radius 1 is 1.33 bits per heavy atom. The summed E-state index contributed by atoms with van der Waals surface area (Å²) in [6.07, 6.45) is 2.64. The number of ether oxygens (including phenoxy) is 1. The van der Waals surface area contributed by atoms with Gasteiger partial charge in [-0.05, 0) is 18.1 Å². The highest BCUT2D eigenvalue weighted by atomic mass is 16.5.